The maximum Gasteiger partial charge on any atom is 0.298 e. The Morgan fingerprint density at radius 2 is 1.61 bits per heavy atom. The molecule has 3 N–H and O–H groups in total. The molecule has 0 spiro atoms. The summed E-state index contributed by atoms with van der Waals surface area (Å²) in [5.74, 6) is -1.90. The van der Waals surface area contributed by atoms with Gasteiger partial charge < -0.3 is 20.1 Å². The standard InChI is InChI=1S/C36H40N6O8S/c1-22-33(51(46,47)48)24(3)42(38-22)36(21-31(37)43,26-14-15-29(49-4)30(20-26)50-5)41-34(44)27-12-9-13-28(32(27)35(41)45)40-18-16-39(17-19-40)23(2)25-10-7-6-8-11-25/h6-15,20,23H,16-19,21H2,1-5H3,(H2,37,43)(H,46,47,48). The number of imide groups is 1. The molecule has 0 bridgehead atoms. The van der Waals surface area contributed by atoms with Gasteiger partial charge in [0, 0.05) is 37.8 Å². The lowest BCUT2D eigenvalue weighted by molar-refractivity contribution is -0.121. The lowest BCUT2D eigenvalue weighted by Gasteiger charge is -2.41. The molecule has 0 aliphatic carbocycles. The van der Waals surface area contributed by atoms with E-state index in [0.717, 1.165) is 9.58 Å². The van der Waals surface area contributed by atoms with Crippen molar-refractivity contribution in [1.29, 1.82) is 0 Å². The van der Waals surface area contributed by atoms with Crippen LogP contribution < -0.4 is 20.1 Å². The fraction of sp³-hybridized carbons (Fsp3) is 0.333. The molecule has 6 rings (SSSR count). The largest absolute Gasteiger partial charge is 0.493 e. The summed E-state index contributed by atoms with van der Waals surface area (Å²) < 4.78 is 47.4. The van der Waals surface area contributed by atoms with E-state index in [2.05, 4.69) is 34.0 Å². The van der Waals surface area contributed by atoms with Crippen LogP contribution >= 0.6 is 0 Å². The Kier molecular flexibility index (Phi) is 9.39. The molecule has 3 heterocycles. The van der Waals surface area contributed by atoms with Crippen molar-refractivity contribution in [3.63, 3.8) is 0 Å². The van der Waals surface area contributed by atoms with Crippen LogP contribution in [-0.2, 0) is 20.6 Å². The van der Waals surface area contributed by atoms with Gasteiger partial charge in [0.25, 0.3) is 21.9 Å². The van der Waals surface area contributed by atoms with E-state index in [0.29, 0.717) is 37.6 Å². The fourth-order valence-corrected chi connectivity index (χ4v) is 8.33. The van der Waals surface area contributed by atoms with Crippen LogP contribution in [0.15, 0.2) is 71.6 Å². The topological polar surface area (TPSA) is 178 Å². The second kappa shape index (κ2) is 13.5. The third-order valence-corrected chi connectivity index (χ3v) is 11.0. The Balaban J connectivity index is 1.49. The number of carbonyl (C=O) groups is 3. The average Bonchev–Trinajstić information content (AvgIpc) is 3.57. The van der Waals surface area contributed by atoms with Crippen LogP contribution in [0.3, 0.4) is 0 Å². The molecular formula is C36H40N6O8S. The minimum Gasteiger partial charge on any atom is -0.493 e. The highest BCUT2D eigenvalue weighted by molar-refractivity contribution is 7.86. The molecule has 0 saturated carbocycles. The number of primary amides is 1. The molecule has 14 nitrogen and oxygen atoms in total. The first-order valence-corrected chi connectivity index (χ1v) is 17.8. The second-order valence-corrected chi connectivity index (χ2v) is 14.0. The number of nitrogens with zero attached hydrogens (tertiary/aromatic N) is 5. The first-order chi connectivity index (χ1) is 24.2. The van der Waals surface area contributed by atoms with Gasteiger partial charge in [0.15, 0.2) is 17.2 Å². The number of anilines is 1. The minimum atomic E-state index is -4.83. The third-order valence-electron chi connectivity index (χ3n) is 9.85. The van der Waals surface area contributed by atoms with Gasteiger partial charge in [-0.1, -0.05) is 42.5 Å². The molecule has 2 atom stereocenters. The van der Waals surface area contributed by atoms with Crippen molar-refractivity contribution < 1.29 is 36.8 Å². The van der Waals surface area contributed by atoms with Crippen molar-refractivity contribution in [3.05, 3.63) is 100 Å². The molecule has 0 radical (unpaired) electrons. The number of rotatable bonds is 11. The zero-order chi connectivity index (χ0) is 36.8. The van der Waals surface area contributed by atoms with E-state index in [1.54, 1.807) is 18.2 Å². The van der Waals surface area contributed by atoms with Crippen molar-refractivity contribution >= 4 is 33.5 Å². The molecule has 1 aromatic heterocycles. The highest BCUT2D eigenvalue weighted by atomic mass is 32.2. The highest BCUT2D eigenvalue weighted by Gasteiger charge is 2.55. The number of aryl methyl sites for hydroxylation is 1. The van der Waals surface area contributed by atoms with Gasteiger partial charge in [-0.15, -0.1) is 0 Å². The SMILES string of the molecule is COc1ccc(C(CC(N)=O)(N2C(=O)c3cccc(N4CCN(C(C)c5ccccc5)CC4)c3C2=O)n2nc(C)c(S(=O)(=O)O)c2C)cc1OC. The van der Waals surface area contributed by atoms with Crippen LogP contribution in [0.2, 0.25) is 0 Å². The van der Waals surface area contributed by atoms with Gasteiger partial charge in [-0.2, -0.15) is 13.5 Å². The van der Waals surface area contributed by atoms with Gasteiger partial charge in [0.2, 0.25) is 5.91 Å². The predicted molar refractivity (Wildman–Crippen MR) is 188 cm³/mol. The van der Waals surface area contributed by atoms with Crippen molar-refractivity contribution in [2.45, 2.75) is 43.8 Å². The van der Waals surface area contributed by atoms with Crippen LogP contribution in [0.1, 0.15) is 62.6 Å². The molecular weight excluding hydrogens is 676 g/mol. The van der Waals surface area contributed by atoms with Crippen molar-refractivity contribution in [3.8, 4) is 11.5 Å². The molecule has 3 amide bonds. The first kappa shape index (κ1) is 35.6. The Labute approximate surface area is 296 Å². The van der Waals surface area contributed by atoms with Crippen LogP contribution in [0.5, 0.6) is 11.5 Å². The monoisotopic (exact) mass is 716 g/mol. The van der Waals surface area contributed by atoms with Gasteiger partial charge in [-0.25, -0.2) is 9.58 Å². The highest BCUT2D eigenvalue weighted by Crippen LogP contribution is 2.45. The van der Waals surface area contributed by atoms with E-state index in [1.165, 1.54) is 51.8 Å². The number of fused-ring (bicyclic) bond motifs is 1. The number of piperazine rings is 1. The molecule has 2 aliphatic heterocycles. The Morgan fingerprint density at radius 1 is 0.941 bits per heavy atom. The normalized spacial score (nSPS) is 16.9. The average molecular weight is 717 g/mol. The molecule has 1 fully saturated rings. The van der Waals surface area contributed by atoms with E-state index in [4.69, 9.17) is 15.2 Å². The number of ether oxygens (including phenoxy) is 2. The summed E-state index contributed by atoms with van der Waals surface area (Å²) in [6.07, 6.45) is -0.702. The molecule has 2 unspecified atom stereocenters. The quantitative estimate of drug-likeness (QED) is 0.172. The van der Waals surface area contributed by atoms with Gasteiger partial charge >= 0.3 is 0 Å². The summed E-state index contributed by atoms with van der Waals surface area (Å²) in [7, 11) is -2.01. The lowest BCUT2D eigenvalue weighted by Crippen LogP contribution is -2.57. The summed E-state index contributed by atoms with van der Waals surface area (Å²) in [5, 5.41) is 4.45. The Hall–Kier alpha value is -5.25. The number of nitrogens with two attached hydrogens (primary N) is 1. The molecule has 3 aromatic carbocycles. The van der Waals surface area contributed by atoms with Gasteiger partial charge in [0.05, 0.1) is 48.8 Å². The number of carbonyl (C=O) groups excluding carboxylic acids is 3. The maximum atomic E-state index is 14.9. The van der Waals surface area contributed by atoms with E-state index in [9.17, 15) is 27.4 Å². The van der Waals surface area contributed by atoms with Crippen LogP contribution in [0.4, 0.5) is 5.69 Å². The number of aromatic nitrogens is 2. The molecule has 2 aliphatic rings. The zero-order valence-electron chi connectivity index (χ0n) is 29.0. The van der Waals surface area contributed by atoms with Crippen LogP contribution in [0, 0.1) is 13.8 Å². The van der Waals surface area contributed by atoms with Gasteiger partial charge in [-0.05, 0) is 50.6 Å². The van der Waals surface area contributed by atoms with Gasteiger partial charge in [-0.3, -0.25) is 23.8 Å². The predicted octanol–water partition coefficient (Wildman–Crippen LogP) is 3.52. The van der Waals surface area contributed by atoms with Crippen molar-refractivity contribution in [2.24, 2.45) is 5.73 Å². The van der Waals surface area contributed by atoms with Crippen molar-refractivity contribution in [2.75, 3.05) is 45.3 Å². The summed E-state index contributed by atoms with van der Waals surface area (Å²) in [6, 6.07) is 19.9. The van der Waals surface area contributed by atoms with Crippen LogP contribution in [-0.4, -0.2) is 90.7 Å². The zero-order valence-corrected chi connectivity index (χ0v) is 29.8. The van der Waals surface area contributed by atoms with Crippen LogP contribution in [0.25, 0.3) is 0 Å². The molecule has 268 valence electrons. The number of methoxy groups -OCH3 is 2. The molecule has 15 heteroatoms. The Bertz CT molecular complexity index is 2130. The summed E-state index contributed by atoms with van der Waals surface area (Å²) in [6.45, 7) is 7.43. The van der Waals surface area contributed by atoms with E-state index < -0.39 is 44.8 Å². The summed E-state index contributed by atoms with van der Waals surface area (Å²) in [4.78, 5) is 47.5. The lowest BCUT2D eigenvalue weighted by atomic mass is 9.92. The maximum absolute atomic E-state index is 14.9. The second-order valence-electron chi connectivity index (χ2n) is 12.7. The van der Waals surface area contributed by atoms with E-state index in [1.807, 2.05) is 18.2 Å². The summed E-state index contributed by atoms with van der Waals surface area (Å²) in [5.41, 5.74) is 5.61. The van der Waals surface area contributed by atoms with E-state index in [-0.39, 0.29) is 39.9 Å². The number of amides is 3. The number of benzene rings is 3. The van der Waals surface area contributed by atoms with E-state index >= 15 is 0 Å². The summed E-state index contributed by atoms with van der Waals surface area (Å²) >= 11 is 0. The number of hydrogen-bond acceptors (Lipinski definition) is 10. The third kappa shape index (κ3) is 6.00. The smallest absolute Gasteiger partial charge is 0.298 e. The first-order valence-electron chi connectivity index (χ1n) is 16.4. The van der Waals surface area contributed by atoms with Gasteiger partial charge in [0.1, 0.15) is 4.90 Å². The number of hydrogen-bond donors (Lipinski definition) is 2. The molecule has 1 saturated heterocycles. The minimum absolute atomic E-state index is 0.100. The van der Waals surface area contributed by atoms with Crippen molar-refractivity contribution in [1.82, 2.24) is 19.6 Å². The molecule has 4 aromatic rings. The Morgan fingerprint density at radius 3 is 2.20 bits per heavy atom. The fourth-order valence-electron chi connectivity index (χ4n) is 7.45. The molecule has 51 heavy (non-hydrogen) atoms.